The van der Waals surface area contributed by atoms with Gasteiger partial charge in [-0.05, 0) is 24.3 Å². The molecule has 0 atom stereocenters. The zero-order valence-electron chi connectivity index (χ0n) is 9.06. The van der Waals surface area contributed by atoms with Crippen LogP contribution in [0.1, 0.15) is 10.4 Å². The smallest absolute Gasteiger partial charge is 0.387 e. The van der Waals surface area contributed by atoms with Crippen molar-refractivity contribution in [2.24, 2.45) is 0 Å². The third-order valence-electron chi connectivity index (χ3n) is 2.10. The highest BCUT2D eigenvalue weighted by Crippen LogP contribution is 2.15. The van der Waals surface area contributed by atoms with Crippen LogP contribution < -0.4 is 10.1 Å². The Balaban J connectivity index is 2.03. The van der Waals surface area contributed by atoms with Crippen molar-refractivity contribution in [3.05, 3.63) is 42.2 Å². The topological polar surface area (TPSA) is 67.0 Å². The van der Waals surface area contributed by atoms with E-state index in [2.05, 4.69) is 20.3 Å². The molecule has 0 spiro atoms. The van der Waals surface area contributed by atoms with E-state index in [1.54, 1.807) is 0 Å². The number of aromatic amines is 1. The summed E-state index contributed by atoms with van der Waals surface area (Å²) in [6.07, 6.45) is 2.97. The van der Waals surface area contributed by atoms with Crippen LogP contribution in [0.5, 0.6) is 5.75 Å². The molecule has 2 rings (SSSR count). The van der Waals surface area contributed by atoms with Gasteiger partial charge in [-0.1, -0.05) is 0 Å². The van der Waals surface area contributed by atoms with Crippen molar-refractivity contribution >= 4 is 11.6 Å². The molecule has 1 aromatic carbocycles. The molecule has 18 heavy (non-hydrogen) atoms. The van der Waals surface area contributed by atoms with Crippen LogP contribution in [0, 0.1) is 0 Å². The molecule has 0 saturated carbocycles. The molecule has 7 heteroatoms. The molecule has 0 fully saturated rings. The Kier molecular flexibility index (Phi) is 3.52. The molecule has 0 saturated heterocycles. The van der Waals surface area contributed by atoms with Crippen molar-refractivity contribution in [2.75, 3.05) is 5.32 Å². The molecule has 94 valence electrons. The molecule has 2 aromatic rings. The summed E-state index contributed by atoms with van der Waals surface area (Å²) in [7, 11) is 0. The van der Waals surface area contributed by atoms with Crippen molar-refractivity contribution in [2.45, 2.75) is 6.61 Å². The highest BCUT2D eigenvalue weighted by atomic mass is 19.3. The van der Waals surface area contributed by atoms with Crippen LogP contribution >= 0.6 is 0 Å². The minimum absolute atomic E-state index is 0.00450. The molecule has 0 aliphatic rings. The Labute approximate surface area is 101 Å². The minimum atomic E-state index is -2.88. The van der Waals surface area contributed by atoms with E-state index in [1.807, 2.05) is 0 Å². The molecule has 2 N–H and O–H groups in total. The summed E-state index contributed by atoms with van der Waals surface area (Å²) in [6, 6.07) is 5.40. The van der Waals surface area contributed by atoms with Crippen LogP contribution in [0.15, 0.2) is 36.7 Å². The lowest BCUT2D eigenvalue weighted by molar-refractivity contribution is -0.0498. The van der Waals surface area contributed by atoms with Gasteiger partial charge >= 0.3 is 6.61 Å². The van der Waals surface area contributed by atoms with E-state index in [4.69, 9.17) is 0 Å². The number of aromatic nitrogens is 2. The predicted molar refractivity (Wildman–Crippen MR) is 59.6 cm³/mol. The zero-order chi connectivity index (χ0) is 13.0. The third kappa shape index (κ3) is 3.03. The number of benzene rings is 1. The van der Waals surface area contributed by atoms with Gasteiger partial charge in [-0.15, -0.1) is 0 Å². The minimum Gasteiger partial charge on any atom is -0.435 e. The van der Waals surface area contributed by atoms with Gasteiger partial charge in [0.15, 0.2) is 0 Å². The number of ether oxygens (including phenoxy) is 1. The average Bonchev–Trinajstić information content (AvgIpc) is 2.82. The number of rotatable bonds is 4. The van der Waals surface area contributed by atoms with Gasteiger partial charge in [0.2, 0.25) is 0 Å². The molecular formula is C11H9F2N3O2. The lowest BCUT2D eigenvalue weighted by Gasteiger charge is -2.05. The van der Waals surface area contributed by atoms with Crippen molar-refractivity contribution in [1.29, 1.82) is 0 Å². The quantitative estimate of drug-likeness (QED) is 0.878. The number of H-pyrrole nitrogens is 1. The first-order valence-corrected chi connectivity index (χ1v) is 5.00. The second-order valence-electron chi connectivity index (χ2n) is 3.34. The molecule has 1 heterocycles. The number of nitrogens with one attached hydrogen (secondary N) is 2. The van der Waals surface area contributed by atoms with E-state index >= 15 is 0 Å². The average molecular weight is 253 g/mol. The van der Waals surface area contributed by atoms with Gasteiger partial charge < -0.3 is 10.1 Å². The van der Waals surface area contributed by atoms with E-state index in [9.17, 15) is 13.6 Å². The van der Waals surface area contributed by atoms with E-state index in [0.29, 0.717) is 11.3 Å². The number of hydrogen-bond donors (Lipinski definition) is 2. The lowest BCUT2D eigenvalue weighted by Crippen LogP contribution is -2.11. The van der Waals surface area contributed by atoms with Crippen LogP contribution in [-0.4, -0.2) is 22.7 Å². The maximum absolute atomic E-state index is 11.9. The molecule has 0 radical (unpaired) electrons. The van der Waals surface area contributed by atoms with E-state index in [1.165, 1.54) is 36.7 Å². The van der Waals surface area contributed by atoms with E-state index in [0.717, 1.165) is 0 Å². The number of amides is 1. The number of anilines is 1. The van der Waals surface area contributed by atoms with Crippen molar-refractivity contribution in [3.8, 4) is 5.75 Å². The molecule has 1 amide bonds. The first kappa shape index (κ1) is 12.0. The number of hydrogen-bond acceptors (Lipinski definition) is 3. The maximum Gasteiger partial charge on any atom is 0.387 e. The molecule has 1 aromatic heterocycles. The van der Waals surface area contributed by atoms with Gasteiger partial charge in [0.05, 0.1) is 11.9 Å². The summed E-state index contributed by atoms with van der Waals surface area (Å²) in [5, 5.41) is 8.80. The summed E-state index contributed by atoms with van der Waals surface area (Å²) in [5.74, 6) is -0.357. The summed E-state index contributed by atoms with van der Waals surface area (Å²) in [4.78, 5) is 11.7. The highest BCUT2D eigenvalue weighted by molar-refractivity contribution is 6.04. The Morgan fingerprint density at radius 2 is 2.06 bits per heavy atom. The number of nitrogens with zero attached hydrogens (tertiary/aromatic N) is 1. The molecular weight excluding hydrogens is 244 g/mol. The Morgan fingerprint density at radius 1 is 1.33 bits per heavy atom. The van der Waals surface area contributed by atoms with Crippen LogP contribution in [-0.2, 0) is 0 Å². The van der Waals surface area contributed by atoms with Crippen LogP contribution in [0.4, 0.5) is 14.5 Å². The molecule has 0 unspecified atom stereocenters. The highest BCUT2D eigenvalue weighted by Gasteiger charge is 2.08. The van der Waals surface area contributed by atoms with Gasteiger partial charge in [0.25, 0.3) is 5.91 Å². The van der Waals surface area contributed by atoms with Crippen LogP contribution in [0.2, 0.25) is 0 Å². The third-order valence-corrected chi connectivity index (χ3v) is 2.10. The second-order valence-corrected chi connectivity index (χ2v) is 3.34. The molecule has 0 aliphatic heterocycles. The number of carbonyl (C=O) groups excluding carboxylic acids is 1. The summed E-state index contributed by atoms with van der Waals surface area (Å²) in [5.41, 5.74) is 0.853. The second kappa shape index (κ2) is 5.26. The molecule has 0 bridgehead atoms. The molecule has 0 aliphatic carbocycles. The van der Waals surface area contributed by atoms with Crippen molar-refractivity contribution in [1.82, 2.24) is 10.2 Å². The van der Waals surface area contributed by atoms with Crippen LogP contribution in [0.25, 0.3) is 0 Å². The number of halogens is 2. The van der Waals surface area contributed by atoms with E-state index in [-0.39, 0.29) is 11.7 Å². The first-order valence-electron chi connectivity index (χ1n) is 5.00. The number of carbonyl (C=O) groups is 1. The van der Waals surface area contributed by atoms with Gasteiger partial charge in [-0.25, -0.2) is 0 Å². The van der Waals surface area contributed by atoms with Crippen LogP contribution in [0.3, 0.4) is 0 Å². The lowest BCUT2D eigenvalue weighted by atomic mass is 10.2. The fraction of sp³-hybridized carbons (Fsp3) is 0.0909. The number of alkyl halides is 2. The van der Waals surface area contributed by atoms with Gasteiger partial charge in [0.1, 0.15) is 5.75 Å². The predicted octanol–water partition coefficient (Wildman–Crippen LogP) is 2.26. The van der Waals surface area contributed by atoms with Gasteiger partial charge in [0, 0.05) is 11.8 Å². The van der Waals surface area contributed by atoms with E-state index < -0.39 is 6.61 Å². The van der Waals surface area contributed by atoms with Crippen molar-refractivity contribution in [3.63, 3.8) is 0 Å². The largest absolute Gasteiger partial charge is 0.435 e. The summed E-state index contributed by atoms with van der Waals surface area (Å²) < 4.78 is 28.0. The zero-order valence-corrected chi connectivity index (χ0v) is 9.06. The summed E-state index contributed by atoms with van der Waals surface area (Å²) in [6.45, 7) is -2.88. The Morgan fingerprint density at radius 3 is 2.61 bits per heavy atom. The van der Waals surface area contributed by atoms with Gasteiger partial charge in [-0.3, -0.25) is 9.89 Å². The molecule has 5 nitrogen and oxygen atoms in total. The Bertz CT molecular complexity index is 512. The Hall–Kier alpha value is -2.44. The van der Waals surface area contributed by atoms with Crippen molar-refractivity contribution < 1.29 is 18.3 Å². The fourth-order valence-corrected chi connectivity index (χ4v) is 1.31. The monoisotopic (exact) mass is 253 g/mol. The van der Waals surface area contributed by atoms with Gasteiger partial charge in [-0.2, -0.15) is 13.9 Å². The SMILES string of the molecule is O=C(Nc1cn[nH]c1)c1ccc(OC(F)F)cc1. The standard InChI is InChI=1S/C11H9F2N3O2/c12-11(13)18-9-3-1-7(2-4-9)10(17)16-8-5-14-15-6-8/h1-6,11H,(H,14,15)(H,16,17). The normalized spacial score (nSPS) is 10.4. The maximum atomic E-state index is 11.9. The first-order chi connectivity index (χ1) is 8.65. The fourth-order valence-electron chi connectivity index (χ4n) is 1.31. The summed E-state index contributed by atoms with van der Waals surface area (Å²) >= 11 is 0.